The Morgan fingerprint density at radius 3 is 3.36 bits per heavy atom. The van der Waals surface area contributed by atoms with E-state index in [4.69, 9.17) is 4.84 Å². The highest BCUT2D eigenvalue weighted by molar-refractivity contribution is 5.24. The van der Waals surface area contributed by atoms with Crippen LogP contribution in [0.5, 0.6) is 0 Å². The molecule has 0 amide bonds. The van der Waals surface area contributed by atoms with E-state index in [9.17, 15) is 0 Å². The van der Waals surface area contributed by atoms with Gasteiger partial charge in [-0.3, -0.25) is 0 Å². The largest absolute Gasteiger partial charge is 0.409 e. The number of hydroxylamine groups is 1. The van der Waals surface area contributed by atoms with E-state index < -0.39 is 0 Å². The zero-order valence-electron chi connectivity index (χ0n) is 6.60. The average Bonchev–Trinajstić information content (AvgIpc) is 2.28. The summed E-state index contributed by atoms with van der Waals surface area (Å²) in [6.45, 7) is 0.973. The lowest BCUT2D eigenvalue weighted by atomic mass is 9.99. The fraction of sp³-hybridized carbons (Fsp3) is 0.556. The summed E-state index contributed by atoms with van der Waals surface area (Å²) in [5.74, 6) is 1.06. The molecule has 0 spiro atoms. The lowest BCUT2D eigenvalue weighted by molar-refractivity contribution is 0.118. The molecule has 1 aliphatic heterocycles. The second-order valence-corrected chi connectivity index (χ2v) is 3.01. The molecular weight excluding hydrogens is 138 g/mol. The first kappa shape index (κ1) is 6.92. The van der Waals surface area contributed by atoms with Gasteiger partial charge in [-0.25, -0.2) is 0 Å². The van der Waals surface area contributed by atoms with Crippen LogP contribution in [0.3, 0.4) is 0 Å². The number of rotatable bonds is 0. The van der Waals surface area contributed by atoms with Crippen molar-refractivity contribution in [2.75, 3.05) is 6.54 Å². The molecule has 2 aliphatic rings. The SMILES string of the molecule is C1=CC2=C(CC1)CCCNO2. The quantitative estimate of drug-likeness (QED) is 0.571. The third-order valence-corrected chi connectivity index (χ3v) is 2.17. The van der Waals surface area contributed by atoms with Crippen LogP contribution in [0.2, 0.25) is 0 Å². The van der Waals surface area contributed by atoms with Gasteiger partial charge in [-0.05, 0) is 37.3 Å². The Labute approximate surface area is 66.9 Å². The molecule has 1 heterocycles. The van der Waals surface area contributed by atoms with E-state index >= 15 is 0 Å². The zero-order chi connectivity index (χ0) is 7.52. The first-order valence-corrected chi connectivity index (χ1v) is 4.25. The van der Waals surface area contributed by atoms with Crippen molar-refractivity contribution < 1.29 is 4.84 Å². The van der Waals surface area contributed by atoms with Crippen LogP contribution in [-0.2, 0) is 4.84 Å². The average molecular weight is 151 g/mol. The lowest BCUT2D eigenvalue weighted by Gasteiger charge is -2.11. The Kier molecular flexibility index (Phi) is 1.95. The molecular formula is C9H13NO. The predicted molar refractivity (Wildman–Crippen MR) is 43.7 cm³/mol. The Morgan fingerprint density at radius 2 is 2.36 bits per heavy atom. The third kappa shape index (κ3) is 1.46. The van der Waals surface area contributed by atoms with Crippen LogP contribution in [0, 0.1) is 0 Å². The van der Waals surface area contributed by atoms with Crippen LogP contribution in [0.15, 0.2) is 23.5 Å². The maximum atomic E-state index is 5.35. The van der Waals surface area contributed by atoms with Crippen LogP contribution in [0.4, 0.5) is 0 Å². The molecule has 2 nitrogen and oxygen atoms in total. The molecule has 11 heavy (non-hydrogen) atoms. The number of hydrogen-bond donors (Lipinski definition) is 1. The summed E-state index contributed by atoms with van der Waals surface area (Å²) in [4.78, 5) is 5.35. The van der Waals surface area contributed by atoms with Crippen molar-refractivity contribution in [3.63, 3.8) is 0 Å². The monoisotopic (exact) mass is 151 g/mol. The molecule has 2 heteroatoms. The van der Waals surface area contributed by atoms with E-state index in [1.54, 1.807) is 0 Å². The van der Waals surface area contributed by atoms with Gasteiger partial charge in [0.15, 0.2) is 0 Å². The standard InChI is InChI=1S/C9H13NO/c1-2-6-9-8(4-1)5-3-7-10-11-9/h2,6,10H,1,3-5,7H2. The van der Waals surface area contributed by atoms with Gasteiger partial charge in [0.05, 0.1) is 0 Å². The van der Waals surface area contributed by atoms with Crippen molar-refractivity contribution >= 4 is 0 Å². The molecule has 1 N–H and O–H groups in total. The molecule has 0 aromatic rings. The Hall–Kier alpha value is -0.760. The molecule has 0 fully saturated rings. The maximum absolute atomic E-state index is 5.35. The summed E-state index contributed by atoms with van der Waals surface area (Å²) >= 11 is 0. The molecule has 0 bridgehead atoms. The second kappa shape index (κ2) is 3.09. The van der Waals surface area contributed by atoms with Gasteiger partial charge in [0, 0.05) is 6.54 Å². The van der Waals surface area contributed by atoms with Gasteiger partial charge in [-0.2, -0.15) is 5.48 Å². The summed E-state index contributed by atoms with van der Waals surface area (Å²) in [7, 11) is 0. The highest BCUT2D eigenvalue weighted by Gasteiger charge is 2.12. The number of nitrogens with one attached hydrogen (secondary N) is 1. The number of allylic oxidation sites excluding steroid dienone is 3. The van der Waals surface area contributed by atoms with Gasteiger partial charge in [-0.15, -0.1) is 0 Å². The Balaban J connectivity index is 2.17. The van der Waals surface area contributed by atoms with Gasteiger partial charge >= 0.3 is 0 Å². The van der Waals surface area contributed by atoms with Gasteiger partial charge in [0.2, 0.25) is 0 Å². The molecule has 0 saturated heterocycles. The normalized spacial score (nSPS) is 24.0. The summed E-state index contributed by atoms with van der Waals surface area (Å²) in [5, 5.41) is 0. The summed E-state index contributed by atoms with van der Waals surface area (Å²) < 4.78 is 0. The first-order valence-electron chi connectivity index (χ1n) is 4.25. The molecule has 0 aromatic carbocycles. The van der Waals surface area contributed by atoms with E-state index in [0.717, 1.165) is 12.3 Å². The van der Waals surface area contributed by atoms with E-state index in [1.165, 1.54) is 31.3 Å². The number of hydrogen-bond acceptors (Lipinski definition) is 2. The fourth-order valence-electron chi connectivity index (χ4n) is 1.55. The van der Waals surface area contributed by atoms with Gasteiger partial charge in [-0.1, -0.05) is 6.08 Å². The highest BCUT2D eigenvalue weighted by Crippen LogP contribution is 2.24. The summed E-state index contributed by atoms with van der Waals surface area (Å²) in [6, 6.07) is 0. The molecule has 60 valence electrons. The van der Waals surface area contributed by atoms with Gasteiger partial charge in [0.1, 0.15) is 5.76 Å². The Morgan fingerprint density at radius 1 is 1.36 bits per heavy atom. The van der Waals surface area contributed by atoms with Crippen LogP contribution in [-0.4, -0.2) is 6.54 Å². The lowest BCUT2D eigenvalue weighted by Crippen LogP contribution is -2.12. The molecule has 0 radical (unpaired) electrons. The maximum Gasteiger partial charge on any atom is 0.146 e. The fourth-order valence-corrected chi connectivity index (χ4v) is 1.55. The van der Waals surface area contributed by atoms with E-state index in [2.05, 4.69) is 17.6 Å². The molecule has 1 aliphatic carbocycles. The van der Waals surface area contributed by atoms with Crippen molar-refractivity contribution in [2.45, 2.75) is 25.7 Å². The van der Waals surface area contributed by atoms with Crippen molar-refractivity contribution in [3.8, 4) is 0 Å². The van der Waals surface area contributed by atoms with Crippen LogP contribution in [0.1, 0.15) is 25.7 Å². The summed E-state index contributed by atoms with van der Waals surface area (Å²) in [6.07, 6.45) is 9.03. The third-order valence-electron chi connectivity index (χ3n) is 2.17. The van der Waals surface area contributed by atoms with Crippen molar-refractivity contribution in [3.05, 3.63) is 23.5 Å². The van der Waals surface area contributed by atoms with Crippen molar-refractivity contribution in [1.29, 1.82) is 0 Å². The minimum atomic E-state index is 0.973. The van der Waals surface area contributed by atoms with Crippen molar-refractivity contribution in [2.24, 2.45) is 0 Å². The minimum Gasteiger partial charge on any atom is -0.409 e. The second-order valence-electron chi connectivity index (χ2n) is 3.01. The van der Waals surface area contributed by atoms with Crippen molar-refractivity contribution in [1.82, 2.24) is 5.48 Å². The smallest absolute Gasteiger partial charge is 0.146 e. The molecule has 0 unspecified atom stereocenters. The molecule has 2 rings (SSSR count). The molecule has 0 saturated carbocycles. The minimum absolute atomic E-state index is 0.973. The van der Waals surface area contributed by atoms with Crippen LogP contribution in [0.25, 0.3) is 0 Å². The molecule has 0 atom stereocenters. The van der Waals surface area contributed by atoms with Gasteiger partial charge in [0.25, 0.3) is 0 Å². The summed E-state index contributed by atoms with van der Waals surface area (Å²) in [5.41, 5.74) is 4.42. The Bertz CT molecular complexity index is 206. The van der Waals surface area contributed by atoms with E-state index in [-0.39, 0.29) is 0 Å². The van der Waals surface area contributed by atoms with Crippen LogP contribution < -0.4 is 5.48 Å². The van der Waals surface area contributed by atoms with Gasteiger partial charge < -0.3 is 4.84 Å². The first-order chi connectivity index (χ1) is 5.47. The van der Waals surface area contributed by atoms with Crippen LogP contribution >= 0.6 is 0 Å². The predicted octanol–water partition coefficient (Wildman–Crippen LogP) is 1.91. The zero-order valence-corrected chi connectivity index (χ0v) is 6.60. The topological polar surface area (TPSA) is 21.3 Å². The van der Waals surface area contributed by atoms with E-state index in [1.807, 2.05) is 0 Å². The molecule has 0 aromatic heterocycles. The van der Waals surface area contributed by atoms with E-state index in [0.29, 0.717) is 0 Å². The highest BCUT2D eigenvalue weighted by atomic mass is 16.6.